The molecule has 1 rings (SSSR count). The lowest BCUT2D eigenvalue weighted by molar-refractivity contribution is 0.354. The molecule has 0 atom stereocenters. The fraction of sp³-hybridized carbons (Fsp3) is 0.647. The van der Waals surface area contributed by atoms with Crippen LogP contribution in [0.2, 0.25) is 5.02 Å². The number of ether oxygens (including phenoxy) is 2. The van der Waals surface area contributed by atoms with Gasteiger partial charge in [-0.3, -0.25) is 0 Å². The van der Waals surface area contributed by atoms with E-state index >= 15 is 0 Å². The van der Waals surface area contributed by atoms with Crippen LogP contribution in [0.25, 0.3) is 0 Å². The van der Waals surface area contributed by atoms with Crippen molar-refractivity contribution >= 4 is 24.0 Å². The van der Waals surface area contributed by atoms with Crippen LogP contribution in [0.1, 0.15) is 51.0 Å². The van der Waals surface area contributed by atoms with Crippen molar-refractivity contribution in [3.8, 4) is 11.5 Å². The molecule has 0 bridgehead atoms. The second-order valence-electron chi connectivity index (χ2n) is 5.26. The van der Waals surface area contributed by atoms with Gasteiger partial charge in [-0.05, 0) is 30.7 Å². The molecule has 0 amide bonds. The molecule has 0 spiro atoms. The van der Waals surface area contributed by atoms with E-state index in [4.69, 9.17) is 21.1 Å². The number of hydrogen-bond acceptors (Lipinski definition) is 3. The maximum Gasteiger partial charge on any atom is 0.179 e. The minimum Gasteiger partial charge on any atom is -0.493 e. The van der Waals surface area contributed by atoms with Gasteiger partial charge in [-0.25, -0.2) is 0 Å². The SMILES string of the molecule is CCCCCCCCNCc1cc(Cl)c(OC)c(OC)c1.Cl. The predicted octanol–water partition coefficient (Wildman–Crippen LogP) is 5.23. The average Bonchev–Trinajstić information content (AvgIpc) is 2.49. The Morgan fingerprint density at radius 2 is 1.68 bits per heavy atom. The molecule has 0 heterocycles. The van der Waals surface area contributed by atoms with Crippen LogP contribution in [0.15, 0.2) is 12.1 Å². The molecule has 0 aliphatic carbocycles. The van der Waals surface area contributed by atoms with Gasteiger partial charge in [0.1, 0.15) is 0 Å². The van der Waals surface area contributed by atoms with E-state index in [2.05, 4.69) is 12.2 Å². The smallest absolute Gasteiger partial charge is 0.179 e. The summed E-state index contributed by atoms with van der Waals surface area (Å²) in [4.78, 5) is 0. The zero-order valence-electron chi connectivity index (χ0n) is 13.9. The van der Waals surface area contributed by atoms with Crippen molar-refractivity contribution in [2.45, 2.75) is 52.0 Å². The largest absolute Gasteiger partial charge is 0.493 e. The number of unbranched alkanes of at least 4 members (excludes halogenated alkanes) is 5. The Bertz CT molecular complexity index is 414. The first-order valence-corrected chi connectivity index (χ1v) is 8.21. The van der Waals surface area contributed by atoms with Gasteiger partial charge in [0.15, 0.2) is 11.5 Å². The highest BCUT2D eigenvalue weighted by atomic mass is 35.5. The fourth-order valence-electron chi connectivity index (χ4n) is 2.34. The number of methoxy groups -OCH3 is 2. The normalized spacial score (nSPS) is 10.2. The van der Waals surface area contributed by atoms with E-state index in [0.717, 1.165) is 18.7 Å². The molecule has 128 valence electrons. The van der Waals surface area contributed by atoms with E-state index in [1.54, 1.807) is 14.2 Å². The zero-order valence-corrected chi connectivity index (χ0v) is 15.5. The summed E-state index contributed by atoms with van der Waals surface area (Å²) in [5, 5.41) is 4.04. The lowest BCUT2D eigenvalue weighted by atomic mass is 10.1. The van der Waals surface area contributed by atoms with Crippen LogP contribution >= 0.6 is 24.0 Å². The second kappa shape index (κ2) is 12.9. The molecule has 1 aromatic carbocycles. The molecular weight excluding hydrogens is 321 g/mol. The van der Waals surface area contributed by atoms with Crippen molar-refractivity contribution < 1.29 is 9.47 Å². The van der Waals surface area contributed by atoms with Crippen LogP contribution in [-0.4, -0.2) is 20.8 Å². The van der Waals surface area contributed by atoms with Gasteiger partial charge >= 0.3 is 0 Å². The molecule has 1 N–H and O–H groups in total. The maximum atomic E-state index is 6.19. The molecule has 22 heavy (non-hydrogen) atoms. The molecule has 0 saturated heterocycles. The summed E-state index contributed by atoms with van der Waals surface area (Å²) >= 11 is 6.19. The Morgan fingerprint density at radius 3 is 2.32 bits per heavy atom. The molecule has 0 aromatic heterocycles. The molecule has 5 heteroatoms. The van der Waals surface area contributed by atoms with Crippen molar-refractivity contribution in [2.24, 2.45) is 0 Å². The summed E-state index contributed by atoms with van der Waals surface area (Å²) in [7, 11) is 3.22. The van der Waals surface area contributed by atoms with E-state index in [9.17, 15) is 0 Å². The predicted molar refractivity (Wildman–Crippen MR) is 96.9 cm³/mol. The highest BCUT2D eigenvalue weighted by molar-refractivity contribution is 6.32. The van der Waals surface area contributed by atoms with Crippen LogP contribution in [0.5, 0.6) is 11.5 Å². The maximum absolute atomic E-state index is 6.19. The number of rotatable bonds is 11. The van der Waals surface area contributed by atoms with E-state index in [1.165, 1.54) is 38.5 Å². The lowest BCUT2D eigenvalue weighted by Gasteiger charge is -2.12. The first kappa shape index (κ1) is 21.4. The van der Waals surface area contributed by atoms with Gasteiger partial charge in [0.2, 0.25) is 0 Å². The van der Waals surface area contributed by atoms with Crippen LogP contribution in [0.4, 0.5) is 0 Å². The summed E-state index contributed by atoms with van der Waals surface area (Å²) in [5.74, 6) is 1.28. The van der Waals surface area contributed by atoms with Crippen LogP contribution in [0.3, 0.4) is 0 Å². The molecule has 0 aliphatic heterocycles. The minimum absolute atomic E-state index is 0. The summed E-state index contributed by atoms with van der Waals surface area (Å²) < 4.78 is 10.5. The molecule has 3 nitrogen and oxygen atoms in total. The summed E-state index contributed by atoms with van der Waals surface area (Å²) in [5.41, 5.74) is 1.11. The standard InChI is InChI=1S/C17H28ClNO2.ClH/c1-4-5-6-7-8-9-10-19-13-14-11-15(18)17(21-3)16(12-14)20-2;/h11-12,19H,4-10,13H2,1-3H3;1H. The van der Waals surface area contributed by atoms with Gasteiger partial charge in [0.25, 0.3) is 0 Å². The van der Waals surface area contributed by atoms with Gasteiger partial charge in [0, 0.05) is 6.54 Å². The molecule has 1 aromatic rings. The quantitative estimate of drug-likeness (QED) is 0.555. The second-order valence-corrected chi connectivity index (χ2v) is 5.66. The molecule has 0 fully saturated rings. The topological polar surface area (TPSA) is 30.5 Å². The third-order valence-electron chi connectivity index (χ3n) is 3.53. The van der Waals surface area contributed by atoms with E-state index in [-0.39, 0.29) is 12.4 Å². The van der Waals surface area contributed by atoms with Crippen molar-refractivity contribution in [2.75, 3.05) is 20.8 Å². The van der Waals surface area contributed by atoms with Crippen molar-refractivity contribution in [3.63, 3.8) is 0 Å². The highest BCUT2D eigenvalue weighted by Gasteiger charge is 2.10. The van der Waals surface area contributed by atoms with E-state index in [0.29, 0.717) is 16.5 Å². The average molecular weight is 350 g/mol. The Morgan fingerprint density at radius 1 is 1.00 bits per heavy atom. The van der Waals surface area contributed by atoms with Crippen molar-refractivity contribution in [3.05, 3.63) is 22.7 Å². The van der Waals surface area contributed by atoms with Crippen LogP contribution in [0, 0.1) is 0 Å². The van der Waals surface area contributed by atoms with Gasteiger partial charge in [-0.15, -0.1) is 12.4 Å². The van der Waals surface area contributed by atoms with E-state index in [1.807, 2.05) is 12.1 Å². The van der Waals surface area contributed by atoms with Crippen LogP contribution < -0.4 is 14.8 Å². The number of halogens is 2. The lowest BCUT2D eigenvalue weighted by Crippen LogP contribution is -2.14. The molecular formula is C17H29Cl2NO2. The zero-order chi connectivity index (χ0) is 15.5. The number of benzene rings is 1. The minimum atomic E-state index is 0. The Kier molecular flexibility index (Phi) is 12.5. The molecule has 0 saturated carbocycles. The van der Waals surface area contributed by atoms with Gasteiger partial charge in [-0.1, -0.05) is 50.6 Å². The number of hydrogen-bond donors (Lipinski definition) is 1. The third-order valence-corrected chi connectivity index (χ3v) is 3.81. The van der Waals surface area contributed by atoms with Gasteiger partial charge in [0.05, 0.1) is 19.2 Å². The Labute approximate surface area is 146 Å². The third kappa shape index (κ3) is 7.57. The Balaban J connectivity index is 0.00000441. The fourth-order valence-corrected chi connectivity index (χ4v) is 2.65. The van der Waals surface area contributed by atoms with Crippen molar-refractivity contribution in [1.82, 2.24) is 5.32 Å². The number of nitrogens with one attached hydrogen (secondary N) is 1. The summed E-state index contributed by atoms with van der Waals surface area (Å²) in [6, 6.07) is 3.90. The van der Waals surface area contributed by atoms with Crippen molar-refractivity contribution in [1.29, 1.82) is 0 Å². The summed E-state index contributed by atoms with van der Waals surface area (Å²) in [6.07, 6.45) is 7.90. The molecule has 0 radical (unpaired) electrons. The van der Waals surface area contributed by atoms with Crippen LogP contribution in [-0.2, 0) is 6.54 Å². The van der Waals surface area contributed by atoms with Gasteiger partial charge < -0.3 is 14.8 Å². The first-order chi connectivity index (χ1) is 10.2. The van der Waals surface area contributed by atoms with E-state index < -0.39 is 0 Å². The molecule has 0 aliphatic rings. The molecule has 0 unspecified atom stereocenters. The monoisotopic (exact) mass is 349 g/mol. The highest BCUT2D eigenvalue weighted by Crippen LogP contribution is 2.35. The first-order valence-electron chi connectivity index (χ1n) is 7.84. The summed E-state index contributed by atoms with van der Waals surface area (Å²) in [6.45, 7) is 4.09. The van der Waals surface area contributed by atoms with Gasteiger partial charge in [-0.2, -0.15) is 0 Å². The Hall–Kier alpha value is -0.640.